The molecule has 0 unspecified atom stereocenters. The molecule has 0 fully saturated rings. The van der Waals surface area contributed by atoms with Gasteiger partial charge in [-0.25, -0.2) is 0 Å². The van der Waals surface area contributed by atoms with E-state index in [2.05, 4.69) is 193 Å². The second-order valence-corrected chi connectivity index (χ2v) is 14.7. The van der Waals surface area contributed by atoms with E-state index in [1.54, 1.807) is 0 Å². The zero-order valence-corrected chi connectivity index (χ0v) is 29.5. The number of para-hydroxylation sites is 1. The molecule has 0 atom stereocenters. The molecule has 0 aliphatic heterocycles. The van der Waals surface area contributed by atoms with Gasteiger partial charge in [0.1, 0.15) is 11.2 Å². The van der Waals surface area contributed by atoms with Gasteiger partial charge in [0, 0.05) is 42.9 Å². The molecule has 2 nitrogen and oxygen atoms in total. The highest BCUT2D eigenvalue weighted by molar-refractivity contribution is 7.26. The minimum Gasteiger partial charge on any atom is -0.455 e. The summed E-state index contributed by atoms with van der Waals surface area (Å²) in [6.07, 6.45) is 0. The highest BCUT2D eigenvalue weighted by Crippen LogP contribution is 2.50. The molecule has 3 heteroatoms. The van der Waals surface area contributed by atoms with Gasteiger partial charge < -0.3 is 9.32 Å². The van der Waals surface area contributed by atoms with Gasteiger partial charge in [-0.2, -0.15) is 0 Å². The average Bonchev–Trinajstić information content (AvgIpc) is 3.81. The van der Waals surface area contributed by atoms with Crippen LogP contribution in [0, 0.1) is 0 Å². The van der Waals surface area contributed by atoms with Crippen molar-refractivity contribution in [3.05, 3.63) is 188 Å². The Labute approximate surface area is 310 Å². The number of hydrogen-bond acceptors (Lipinski definition) is 3. The van der Waals surface area contributed by atoms with Crippen LogP contribution in [0.4, 0.5) is 17.1 Å². The van der Waals surface area contributed by atoms with Crippen molar-refractivity contribution in [3.63, 3.8) is 0 Å². The molecule has 0 aliphatic rings. The fraction of sp³-hybridized carbons (Fsp3) is 0. The molecule has 2 aromatic heterocycles. The van der Waals surface area contributed by atoms with E-state index in [-0.39, 0.29) is 0 Å². The lowest BCUT2D eigenvalue weighted by Crippen LogP contribution is -2.11. The zero-order chi connectivity index (χ0) is 34.9. The zero-order valence-electron chi connectivity index (χ0n) is 28.7. The molecule has 0 saturated carbocycles. The standard InChI is InChI=1S/C50H31NOS/c1-2-12-34(13-3-1)39-16-8-9-19-43(39)51(38-26-23-33(24-27-38)37-22-21-32-11-4-5-15-36(32)31-37)44-20-10-18-42-48-46(53-50(42)44)30-29-45-47(48)41-28-25-35-14-6-7-17-40(35)49(41)52-45/h1-31H. The van der Waals surface area contributed by atoms with E-state index in [0.717, 1.165) is 39.0 Å². The molecule has 0 aliphatic carbocycles. The third-order valence-electron chi connectivity index (χ3n) is 10.6. The van der Waals surface area contributed by atoms with E-state index in [1.165, 1.54) is 64.0 Å². The van der Waals surface area contributed by atoms with Crippen molar-refractivity contribution in [1.82, 2.24) is 0 Å². The number of furan rings is 1. The molecular weight excluding hydrogens is 663 g/mol. The first-order chi connectivity index (χ1) is 26.3. The fourth-order valence-electron chi connectivity index (χ4n) is 8.15. The SMILES string of the molecule is c1ccc(-c2ccccc2N(c2ccc(-c3ccc4ccccc4c3)cc2)c2cccc3c2sc2ccc4oc5c6ccccc6ccc5c4c23)cc1. The lowest BCUT2D eigenvalue weighted by Gasteiger charge is -2.28. The molecule has 0 radical (unpaired) electrons. The predicted octanol–water partition coefficient (Wildman–Crippen LogP) is 15.1. The molecule has 248 valence electrons. The molecule has 2 heterocycles. The van der Waals surface area contributed by atoms with Crippen molar-refractivity contribution in [2.24, 2.45) is 0 Å². The number of thiophene rings is 1. The van der Waals surface area contributed by atoms with Crippen molar-refractivity contribution in [2.75, 3.05) is 4.90 Å². The van der Waals surface area contributed by atoms with E-state index >= 15 is 0 Å². The van der Waals surface area contributed by atoms with Crippen LogP contribution in [0.25, 0.3) is 85.9 Å². The second kappa shape index (κ2) is 11.9. The van der Waals surface area contributed by atoms with Gasteiger partial charge in [-0.05, 0) is 81.4 Å². The molecule has 11 rings (SSSR count). The normalized spacial score (nSPS) is 11.8. The van der Waals surface area contributed by atoms with E-state index < -0.39 is 0 Å². The Kier molecular flexibility index (Phi) is 6.76. The molecule has 9 aromatic carbocycles. The van der Waals surface area contributed by atoms with Gasteiger partial charge in [-0.15, -0.1) is 11.3 Å². The number of rotatable bonds is 5. The molecule has 0 bridgehead atoms. The Balaban J connectivity index is 1.14. The lowest BCUT2D eigenvalue weighted by molar-refractivity contribution is 0.673. The Bertz CT molecular complexity index is 3170. The van der Waals surface area contributed by atoms with Crippen LogP contribution in [-0.4, -0.2) is 0 Å². The molecular formula is C50H31NOS. The lowest BCUT2D eigenvalue weighted by atomic mass is 9.99. The maximum absolute atomic E-state index is 6.64. The highest BCUT2D eigenvalue weighted by atomic mass is 32.1. The van der Waals surface area contributed by atoms with Gasteiger partial charge in [0.15, 0.2) is 0 Å². The molecule has 53 heavy (non-hydrogen) atoms. The topological polar surface area (TPSA) is 16.4 Å². The van der Waals surface area contributed by atoms with Gasteiger partial charge in [-0.1, -0.05) is 140 Å². The monoisotopic (exact) mass is 693 g/mol. The second-order valence-electron chi connectivity index (χ2n) is 13.7. The predicted molar refractivity (Wildman–Crippen MR) is 227 cm³/mol. The van der Waals surface area contributed by atoms with Crippen molar-refractivity contribution >= 4 is 92.1 Å². The summed E-state index contributed by atoms with van der Waals surface area (Å²) < 4.78 is 9.13. The largest absolute Gasteiger partial charge is 0.455 e. The smallest absolute Gasteiger partial charge is 0.143 e. The Morgan fingerprint density at radius 2 is 1.11 bits per heavy atom. The Morgan fingerprint density at radius 3 is 2.00 bits per heavy atom. The van der Waals surface area contributed by atoms with Crippen LogP contribution >= 0.6 is 11.3 Å². The first kappa shape index (κ1) is 30.0. The summed E-state index contributed by atoms with van der Waals surface area (Å²) in [4.78, 5) is 2.45. The maximum atomic E-state index is 6.64. The van der Waals surface area contributed by atoms with E-state index in [1.807, 2.05) is 11.3 Å². The third kappa shape index (κ3) is 4.78. The molecule has 0 spiro atoms. The van der Waals surface area contributed by atoms with Crippen molar-refractivity contribution in [3.8, 4) is 22.3 Å². The maximum Gasteiger partial charge on any atom is 0.143 e. The van der Waals surface area contributed by atoms with E-state index in [9.17, 15) is 0 Å². The summed E-state index contributed by atoms with van der Waals surface area (Å²) in [5.41, 5.74) is 10.0. The Morgan fingerprint density at radius 1 is 0.415 bits per heavy atom. The van der Waals surface area contributed by atoms with E-state index in [4.69, 9.17) is 4.42 Å². The molecule has 0 amide bonds. The third-order valence-corrected chi connectivity index (χ3v) is 11.8. The van der Waals surface area contributed by atoms with Crippen LogP contribution < -0.4 is 4.90 Å². The summed E-state index contributed by atoms with van der Waals surface area (Å²) in [6, 6.07) is 67.9. The number of anilines is 3. The van der Waals surface area contributed by atoms with Gasteiger partial charge in [-0.3, -0.25) is 0 Å². The number of benzene rings is 9. The average molecular weight is 694 g/mol. The molecule has 0 N–H and O–H groups in total. The summed E-state index contributed by atoms with van der Waals surface area (Å²) in [7, 11) is 0. The summed E-state index contributed by atoms with van der Waals surface area (Å²) in [6.45, 7) is 0. The Hall–Kier alpha value is -6.68. The van der Waals surface area contributed by atoms with Crippen LogP contribution in [0.2, 0.25) is 0 Å². The van der Waals surface area contributed by atoms with Crippen LogP contribution in [-0.2, 0) is 0 Å². The minimum absolute atomic E-state index is 0.921. The molecule has 11 aromatic rings. The molecule has 0 saturated heterocycles. The number of nitrogens with zero attached hydrogens (tertiary/aromatic N) is 1. The summed E-state index contributed by atoms with van der Waals surface area (Å²) in [5.74, 6) is 0. The van der Waals surface area contributed by atoms with E-state index in [0.29, 0.717) is 0 Å². The van der Waals surface area contributed by atoms with Crippen molar-refractivity contribution in [2.45, 2.75) is 0 Å². The van der Waals surface area contributed by atoms with Gasteiger partial charge >= 0.3 is 0 Å². The highest BCUT2D eigenvalue weighted by Gasteiger charge is 2.23. The summed E-state index contributed by atoms with van der Waals surface area (Å²) in [5, 5.41) is 9.66. The van der Waals surface area contributed by atoms with Crippen molar-refractivity contribution < 1.29 is 4.42 Å². The minimum atomic E-state index is 0.921. The van der Waals surface area contributed by atoms with Gasteiger partial charge in [0.05, 0.1) is 16.1 Å². The summed E-state index contributed by atoms with van der Waals surface area (Å²) >= 11 is 1.86. The van der Waals surface area contributed by atoms with Crippen LogP contribution in [0.15, 0.2) is 192 Å². The fourth-order valence-corrected chi connectivity index (χ4v) is 9.37. The van der Waals surface area contributed by atoms with Crippen LogP contribution in [0.3, 0.4) is 0 Å². The van der Waals surface area contributed by atoms with Crippen molar-refractivity contribution in [1.29, 1.82) is 0 Å². The van der Waals surface area contributed by atoms with Crippen LogP contribution in [0.1, 0.15) is 0 Å². The first-order valence-corrected chi connectivity index (χ1v) is 18.8. The quantitative estimate of drug-likeness (QED) is 0.178. The van der Waals surface area contributed by atoms with Gasteiger partial charge in [0.2, 0.25) is 0 Å². The van der Waals surface area contributed by atoms with Gasteiger partial charge in [0.25, 0.3) is 0 Å². The first-order valence-electron chi connectivity index (χ1n) is 18.0. The number of hydrogen-bond donors (Lipinski definition) is 0. The van der Waals surface area contributed by atoms with Crippen LogP contribution in [0.5, 0.6) is 0 Å². The number of fused-ring (bicyclic) bond motifs is 10.